The van der Waals surface area contributed by atoms with E-state index in [0.29, 0.717) is 31.0 Å². The Labute approximate surface area is 240 Å². The van der Waals surface area contributed by atoms with E-state index in [-0.39, 0.29) is 59.7 Å². The number of hydrogen-bond donors (Lipinski definition) is 5. The fraction of sp³-hybridized carbons (Fsp3) is 0.720. The average Bonchev–Trinajstić information content (AvgIpc) is 3.74. The molecule has 6 rings (SSSR count). The van der Waals surface area contributed by atoms with Crippen LogP contribution in [-0.4, -0.2) is 126 Å². The van der Waals surface area contributed by atoms with Crippen molar-refractivity contribution < 1.29 is 29.4 Å². The summed E-state index contributed by atoms with van der Waals surface area (Å²) < 4.78 is 1.28. The molecule has 5 N–H and O–H groups in total. The van der Waals surface area contributed by atoms with Crippen molar-refractivity contribution in [3.05, 3.63) is 16.9 Å². The third-order valence-electron chi connectivity index (χ3n) is 9.46. The Bertz CT molecular complexity index is 1280. The van der Waals surface area contributed by atoms with Crippen LogP contribution in [0.25, 0.3) is 0 Å². The number of thioether (sulfide) groups is 1. The Morgan fingerprint density at radius 3 is 2.83 bits per heavy atom. The van der Waals surface area contributed by atoms with Gasteiger partial charge in [0.2, 0.25) is 17.7 Å². The number of aromatic nitrogens is 4. The van der Waals surface area contributed by atoms with Crippen LogP contribution in [0.15, 0.2) is 16.9 Å². The Kier molecular flexibility index (Phi) is 7.28. The van der Waals surface area contributed by atoms with Gasteiger partial charge in [0, 0.05) is 48.3 Å². The Balaban J connectivity index is 1.11. The summed E-state index contributed by atoms with van der Waals surface area (Å²) in [6.45, 7) is 6.02. The number of amides is 3. The molecular weight excluding hydrogens is 554 g/mol. The lowest BCUT2D eigenvalue weighted by Crippen LogP contribution is -2.66. The molecule has 5 aliphatic heterocycles. The lowest BCUT2D eigenvalue weighted by molar-refractivity contribution is -0.158. The molecule has 41 heavy (non-hydrogen) atoms. The van der Waals surface area contributed by atoms with Crippen LogP contribution in [0.2, 0.25) is 0 Å². The molecule has 16 heteroatoms. The molecule has 6 heterocycles. The second-order valence-corrected chi connectivity index (χ2v) is 13.0. The quantitative estimate of drug-likeness (QED) is 0.192. The number of aliphatic hydroxyl groups excluding tert-OH is 1. The molecule has 1 aromatic rings. The molecule has 0 aliphatic carbocycles. The number of rotatable bonds is 9. The van der Waals surface area contributed by atoms with Gasteiger partial charge in [0.05, 0.1) is 30.1 Å². The molecule has 4 saturated heterocycles. The van der Waals surface area contributed by atoms with Gasteiger partial charge in [0.25, 0.3) is 0 Å². The number of aliphatic carboxylic acids is 1. The number of likely N-dealkylation sites (tertiary alicyclic amines) is 1. The Hall–Kier alpha value is -3.08. The molecule has 222 valence electrons. The van der Waals surface area contributed by atoms with Gasteiger partial charge in [-0.05, 0) is 36.1 Å². The van der Waals surface area contributed by atoms with E-state index in [1.807, 2.05) is 11.8 Å². The molecule has 3 amide bonds. The van der Waals surface area contributed by atoms with Crippen molar-refractivity contribution in [1.29, 1.82) is 0 Å². The summed E-state index contributed by atoms with van der Waals surface area (Å²) in [6.07, 6.45) is 2.70. The summed E-state index contributed by atoms with van der Waals surface area (Å²) in [4.78, 5) is 55.4. The number of β-lactam (4-membered cyclic amide) rings is 1. The Morgan fingerprint density at radius 1 is 1.32 bits per heavy atom. The van der Waals surface area contributed by atoms with E-state index in [0.717, 1.165) is 13.0 Å². The second-order valence-electron chi connectivity index (χ2n) is 11.7. The van der Waals surface area contributed by atoms with Gasteiger partial charge >= 0.3 is 5.97 Å². The predicted octanol–water partition coefficient (Wildman–Crippen LogP) is -2.40. The molecule has 15 nitrogen and oxygen atoms in total. The number of aliphatic hydroxyl groups is 1. The van der Waals surface area contributed by atoms with Gasteiger partial charge in [0.15, 0.2) is 0 Å². The molecule has 5 unspecified atom stereocenters. The summed E-state index contributed by atoms with van der Waals surface area (Å²) in [5, 5.41) is 40.4. The molecule has 0 spiro atoms. The molecule has 0 bridgehead atoms. The van der Waals surface area contributed by atoms with E-state index in [4.69, 9.17) is 0 Å². The minimum atomic E-state index is -1.16. The molecule has 0 saturated carbocycles. The molecule has 0 radical (unpaired) electrons. The molecule has 8 atom stereocenters. The number of fused-ring (bicyclic) bond motifs is 2. The van der Waals surface area contributed by atoms with Gasteiger partial charge in [-0.2, -0.15) is 0 Å². The van der Waals surface area contributed by atoms with E-state index in [2.05, 4.69) is 31.5 Å². The zero-order valence-corrected chi connectivity index (χ0v) is 23.7. The lowest BCUT2D eigenvalue weighted by Gasteiger charge is -2.47. The smallest absolute Gasteiger partial charge is 0.353 e. The standard InChI is InChI=1S/C25H35N9O6S/c1-12-19-18(13(2)29-17(36)8-32-11-28-30-31-32)23(38)34(19)20(24(39)40)21(12)41-15-5-16(27-7-15)22(37)33-4-3-14-6-26-9-25(14,33)10-35/h11-16,18-19,26-27,35H,3-10H2,1-2H3,(H,29,36)(H,39,40)/t12-,13?,14?,15?,16?,18-,19-,25?/m1/s1. The monoisotopic (exact) mass is 589 g/mol. The number of hydrogen-bond acceptors (Lipinski definition) is 11. The van der Waals surface area contributed by atoms with E-state index < -0.39 is 29.5 Å². The van der Waals surface area contributed by atoms with Gasteiger partial charge in [-0.15, -0.1) is 16.9 Å². The number of carboxylic acids is 1. The van der Waals surface area contributed by atoms with Crippen molar-refractivity contribution in [2.75, 3.05) is 32.8 Å². The Morgan fingerprint density at radius 2 is 2.12 bits per heavy atom. The molecule has 1 aromatic heterocycles. The topological polar surface area (TPSA) is 195 Å². The SMILES string of the molecule is CC(NC(=O)Cn1cnnn1)[C@H]1C(=O)N2C(C(=O)O)=C(SC3CNC(C(=O)N4CCC5CNCC54CO)C3)[C@H](C)[C@H]12. The van der Waals surface area contributed by atoms with Crippen molar-refractivity contribution in [3.8, 4) is 0 Å². The maximum Gasteiger partial charge on any atom is 0.353 e. The zero-order chi connectivity index (χ0) is 29.1. The first-order chi connectivity index (χ1) is 19.7. The van der Waals surface area contributed by atoms with Crippen LogP contribution in [-0.2, 0) is 25.7 Å². The van der Waals surface area contributed by atoms with Crippen LogP contribution in [0.3, 0.4) is 0 Å². The largest absolute Gasteiger partial charge is 0.477 e. The van der Waals surface area contributed by atoms with Crippen molar-refractivity contribution >= 4 is 35.5 Å². The van der Waals surface area contributed by atoms with Crippen molar-refractivity contribution in [2.45, 2.75) is 62.1 Å². The number of nitrogens with one attached hydrogen (secondary N) is 3. The highest BCUT2D eigenvalue weighted by atomic mass is 32.2. The van der Waals surface area contributed by atoms with Crippen LogP contribution in [0.1, 0.15) is 26.7 Å². The minimum absolute atomic E-state index is 0.00519. The van der Waals surface area contributed by atoms with Crippen molar-refractivity contribution in [3.63, 3.8) is 0 Å². The molecular formula is C25H35N9O6S. The first-order valence-electron chi connectivity index (χ1n) is 14.0. The maximum absolute atomic E-state index is 13.5. The van der Waals surface area contributed by atoms with Crippen molar-refractivity contribution in [2.24, 2.45) is 17.8 Å². The van der Waals surface area contributed by atoms with Gasteiger partial charge in [-0.3, -0.25) is 14.4 Å². The number of carbonyl (C=O) groups excluding carboxylic acids is 3. The highest BCUT2D eigenvalue weighted by Crippen LogP contribution is 2.52. The highest BCUT2D eigenvalue weighted by molar-refractivity contribution is 8.03. The van der Waals surface area contributed by atoms with Crippen LogP contribution < -0.4 is 16.0 Å². The predicted molar refractivity (Wildman–Crippen MR) is 144 cm³/mol. The normalized spacial score (nSPS) is 35.0. The zero-order valence-electron chi connectivity index (χ0n) is 22.9. The number of carboxylic acid groups (broad SMARTS) is 1. The third kappa shape index (κ3) is 4.51. The lowest BCUT2D eigenvalue weighted by atomic mass is 9.78. The van der Waals surface area contributed by atoms with E-state index in [1.54, 1.807) is 6.92 Å². The van der Waals surface area contributed by atoms with Crippen LogP contribution in [0.4, 0.5) is 0 Å². The van der Waals surface area contributed by atoms with E-state index in [9.17, 15) is 29.4 Å². The summed E-state index contributed by atoms with van der Waals surface area (Å²) in [5.41, 5.74) is -0.558. The van der Waals surface area contributed by atoms with Gasteiger partial charge in [-0.1, -0.05) is 6.92 Å². The van der Waals surface area contributed by atoms with Gasteiger partial charge in [0.1, 0.15) is 18.6 Å². The number of nitrogens with zero attached hydrogens (tertiary/aromatic N) is 6. The summed E-state index contributed by atoms with van der Waals surface area (Å²) >= 11 is 1.42. The van der Waals surface area contributed by atoms with E-state index >= 15 is 0 Å². The summed E-state index contributed by atoms with van der Waals surface area (Å²) in [5.74, 6) is -2.43. The van der Waals surface area contributed by atoms with Crippen molar-refractivity contribution in [1.82, 2.24) is 46.0 Å². The number of carbonyl (C=O) groups is 4. The maximum atomic E-state index is 13.5. The highest BCUT2D eigenvalue weighted by Gasteiger charge is 2.61. The molecule has 5 aliphatic rings. The average molecular weight is 590 g/mol. The van der Waals surface area contributed by atoms with Crippen LogP contribution >= 0.6 is 11.8 Å². The molecule has 4 fully saturated rings. The first-order valence-corrected chi connectivity index (χ1v) is 14.9. The van der Waals surface area contributed by atoms with Crippen LogP contribution in [0.5, 0.6) is 0 Å². The van der Waals surface area contributed by atoms with E-state index in [1.165, 1.54) is 27.7 Å². The molecule has 0 aromatic carbocycles. The van der Waals surface area contributed by atoms with Crippen LogP contribution in [0, 0.1) is 17.8 Å². The van der Waals surface area contributed by atoms with Gasteiger partial charge in [-0.25, -0.2) is 9.48 Å². The fourth-order valence-corrected chi connectivity index (χ4v) is 8.90. The summed E-state index contributed by atoms with van der Waals surface area (Å²) in [7, 11) is 0. The van der Waals surface area contributed by atoms with Gasteiger partial charge < -0.3 is 36.0 Å². The number of tetrazole rings is 1. The first kappa shape index (κ1) is 28.1. The minimum Gasteiger partial charge on any atom is -0.477 e. The third-order valence-corrected chi connectivity index (χ3v) is 11.0. The second kappa shape index (κ2) is 10.6. The fourth-order valence-electron chi connectivity index (χ4n) is 7.43. The summed E-state index contributed by atoms with van der Waals surface area (Å²) in [6, 6.07) is -1.31.